The number of halogens is 1. The number of hydrogen-bond donors (Lipinski definition) is 2. The van der Waals surface area contributed by atoms with Crippen LogP contribution in [-0.2, 0) is 0 Å². The summed E-state index contributed by atoms with van der Waals surface area (Å²) >= 11 is 6.15. The second-order valence-corrected chi connectivity index (χ2v) is 6.27. The fraction of sp³-hybridized carbons (Fsp3) is 0.333. The zero-order chi connectivity index (χ0) is 16.8. The van der Waals surface area contributed by atoms with Crippen LogP contribution in [0.4, 0.5) is 4.79 Å². The van der Waals surface area contributed by atoms with E-state index in [4.69, 9.17) is 16.0 Å². The number of hydrazone groups is 1. The van der Waals surface area contributed by atoms with Crippen LogP contribution < -0.4 is 10.7 Å². The van der Waals surface area contributed by atoms with Crippen molar-refractivity contribution in [3.05, 3.63) is 47.2 Å². The normalized spacial score (nSPS) is 15.5. The summed E-state index contributed by atoms with van der Waals surface area (Å²) in [4.78, 5) is 11.8. The maximum atomic E-state index is 11.8. The fourth-order valence-corrected chi connectivity index (χ4v) is 3.08. The van der Waals surface area contributed by atoms with Gasteiger partial charge in [-0.1, -0.05) is 43.0 Å². The van der Waals surface area contributed by atoms with Crippen molar-refractivity contribution in [1.29, 1.82) is 0 Å². The van der Waals surface area contributed by atoms with Gasteiger partial charge in [-0.3, -0.25) is 0 Å². The Balaban J connectivity index is 1.53. The molecule has 0 bridgehead atoms. The van der Waals surface area contributed by atoms with Crippen molar-refractivity contribution in [3.63, 3.8) is 0 Å². The van der Waals surface area contributed by atoms with E-state index in [1.54, 1.807) is 6.07 Å². The summed E-state index contributed by atoms with van der Waals surface area (Å²) in [5.41, 5.74) is 3.29. The number of hydrogen-bond acceptors (Lipinski definition) is 3. The number of benzene rings is 1. The first-order valence-corrected chi connectivity index (χ1v) is 8.54. The monoisotopic (exact) mass is 345 g/mol. The first-order valence-electron chi connectivity index (χ1n) is 8.17. The number of carbonyl (C=O) groups is 1. The second-order valence-electron chi connectivity index (χ2n) is 5.86. The SMILES string of the molecule is O=C(NN=Cc1ccc(-c2ccccc2Cl)o1)NC1CCCCC1. The first kappa shape index (κ1) is 16.6. The molecule has 0 unspecified atom stereocenters. The van der Waals surface area contributed by atoms with E-state index >= 15 is 0 Å². The molecule has 0 spiro atoms. The van der Waals surface area contributed by atoms with Gasteiger partial charge in [0.05, 0.1) is 11.2 Å². The van der Waals surface area contributed by atoms with E-state index in [0.717, 1.165) is 18.4 Å². The standard InChI is InChI=1S/C18H20ClN3O2/c19-16-9-5-4-8-15(16)17-11-10-14(24-17)12-20-22-18(23)21-13-6-2-1-3-7-13/h4-5,8-13H,1-3,6-7H2,(H2,21,22,23). The molecule has 1 aromatic heterocycles. The summed E-state index contributed by atoms with van der Waals surface area (Å²) in [6.07, 6.45) is 7.15. The molecule has 0 aliphatic heterocycles. The maximum Gasteiger partial charge on any atom is 0.335 e. The minimum Gasteiger partial charge on any atom is -0.455 e. The predicted octanol–water partition coefficient (Wildman–Crippen LogP) is 4.57. The number of furan rings is 1. The van der Waals surface area contributed by atoms with Crippen molar-refractivity contribution in [3.8, 4) is 11.3 Å². The number of amides is 2. The maximum absolute atomic E-state index is 11.8. The van der Waals surface area contributed by atoms with Gasteiger partial charge in [0.15, 0.2) is 0 Å². The number of nitrogens with one attached hydrogen (secondary N) is 2. The molecule has 1 aliphatic rings. The molecule has 5 nitrogen and oxygen atoms in total. The van der Waals surface area contributed by atoms with Gasteiger partial charge in [-0.25, -0.2) is 10.2 Å². The van der Waals surface area contributed by atoms with Gasteiger partial charge in [-0.15, -0.1) is 0 Å². The van der Waals surface area contributed by atoms with Gasteiger partial charge in [0, 0.05) is 11.6 Å². The Hall–Kier alpha value is -2.27. The highest BCUT2D eigenvalue weighted by Gasteiger charge is 2.15. The number of nitrogens with zero attached hydrogens (tertiary/aromatic N) is 1. The van der Waals surface area contributed by atoms with Crippen molar-refractivity contribution < 1.29 is 9.21 Å². The largest absolute Gasteiger partial charge is 0.455 e. The molecular weight excluding hydrogens is 326 g/mol. The second kappa shape index (κ2) is 8.02. The Kier molecular flexibility index (Phi) is 5.54. The third-order valence-electron chi connectivity index (χ3n) is 4.06. The smallest absolute Gasteiger partial charge is 0.335 e. The molecule has 6 heteroatoms. The highest BCUT2D eigenvalue weighted by molar-refractivity contribution is 6.33. The number of rotatable bonds is 4. The van der Waals surface area contributed by atoms with E-state index in [1.807, 2.05) is 30.3 Å². The van der Waals surface area contributed by atoms with Gasteiger partial charge < -0.3 is 9.73 Å². The highest BCUT2D eigenvalue weighted by atomic mass is 35.5. The summed E-state index contributed by atoms with van der Waals surface area (Å²) < 4.78 is 5.68. The molecule has 0 radical (unpaired) electrons. The summed E-state index contributed by atoms with van der Waals surface area (Å²) in [6.45, 7) is 0. The molecule has 0 saturated heterocycles. The Bertz CT molecular complexity index is 721. The van der Waals surface area contributed by atoms with Crippen LogP contribution in [-0.4, -0.2) is 18.3 Å². The van der Waals surface area contributed by atoms with Crippen LogP contribution in [0.15, 0.2) is 45.9 Å². The molecule has 1 heterocycles. The Morgan fingerprint density at radius 2 is 1.96 bits per heavy atom. The topological polar surface area (TPSA) is 66.6 Å². The van der Waals surface area contributed by atoms with Crippen molar-refractivity contribution in [2.24, 2.45) is 5.10 Å². The molecule has 1 aromatic carbocycles. The summed E-state index contributed by atoms with van der Waals surface area (Å²) in [6, 6.07) is 11.0. The molecule has 0 atom stereocenters. The zero-order valence-electron chi connectivity index (χ0n) is 13.3. The lowest BCUT2D eigenvalue weighted by atomic mass is 9.96. The average Bonchev–Trinajstić information content (AvgIpc) is 3.05. The van der Waals surface area contributed by atoms with Crippen molar-refractivity contribution >= 4 is 23.8 Å². The van der Waals surface area contributed by atoms with E-state index in [2.05, 4.69) is 15.8 Å². The summed E-state index contributed by atoms with van der Waals surface area (Å²) in [5, 5.41) is 7.48. The summed E-state index contributed by atoms with van der Waals surface area (Å²) in [5.74, 6) is 1.21. The Morgan fingerprint density at radius 3 is 2.75 bits per heavy atom. The molecule has 1 saturated carbocycles. The third-order valence-corrected chi connectivity index (χ3v) is 4.39. The van der Waals surface area contributed by atoms with Crippen LogP contribution in [0.3, 0.4) is 0 Å². The van der Waals surface area contributed by atoms with E-state index < -0.39 is 0 Å². The average molecular weight is 346 g/mol. The van der Waals surface area contributed by atoms with Crippen LogP contribution >= 0.6 is 11.6 Å². The quantitative estimate of drug-likeness (QED) is 0.629. The third kappa shape index (κ3) is 4.38. The van der Waals surface area contributed by atoms with E-state index in [-0.39, 0.29) is 12.1 Å². The molecule has 126 valence electrons. The first-order chi connectivity index (χ1) is 11.7. The fourth-order valence-electron chi connectivity index (χ4n) is 2.85. The van der Waals surface area contributed by atoms with Crippen molar-refractivity contribution in [1.82, 2.24) is 10.7 Å². The van der Waals surface area contributed by atoms with Crippen LogP contribution in [0.1, 0.15) is 37.9 Å². The van der Waals surface area contributed by atoms with Gasteiger partial charge in [0.1, 0.15) is 11.5 Å². The Labute approximate surface area is 146 Å². The lowest BCUT2D eigenvalue weighted by molar-refractivity contribution is 0.233. The highest BCUT2D eigenvalue weighted by Crippen LogP contribution is 2.28. The van der Waals surface area contributed by atoms with Crippen LogP contribution in [0.2, 0.25) is 5.02 Å². The van der Waals surface area contributed by atoms with Crippen LogP contribution in [0, 0.1) is 0 Å². The zero-order valence-corrected chi connectivity index (χ0v) is 14.1. The molecule has 24 heavy (non-hydrogen) atoms. The van der Waals surface area contributed by atoms with Crippen molar-refractivity contribution in [2.75, 3.05) is 0 Å². The molecule has 3 rings (SSSR count). The molecular formula is C18H20ClN3O2. The van der Waals surface area contributed by atoms with Gasteiger partial charge >= 0.3 is 6.03 Å². The number of carbonyl (C=O) groups excluding carboxylic acids is 1. The van der Waals surface area contributed by atoms with Gasteiger partial charge in [-0.2, -0.15) is 5.10 Å². The van der Waals surface area contributed by atoms with Gasteiger partial charge in [-0.05, 0) is 37.1 Å². The molecule has 2 aromatic rings. The van der Waals surface area contributed by atoms with Crippen molar-refractivity contribution in [2.45, 2.75) is 38.1 Å². The van der Waals surface area contributed by atoms with E-state index in [9.17, 15) is 4.79 Å². The minimum atomic E-state index is -0.281. The molecule has 2 N–H and O–H groups in total. The van der Waals surface area contributed by atoms with E-state index in [0.29, 0.717) is 16.5 Å². The van der Waals surface area contributed by atoms with Gasteiger partial charge in [0.2, 0.25) is 0 Å². The lowest BCUT2D eigenvalue weighted by Crippen LogP contribution is -2.41. The Morgan fingerprint density at radius 1 is 1.17 bits per heavy atom. The van der Waals surface area contributed by atoms with Crippen LogP contribution in [0.5, 0.6) is 0 Å². The molecule has 1 aliphatic carbocycles. The minimum absolute atomic E-state index is 0.254. The summed E-state index contributed by atoms with van der Waals surface area (Å²) in [7, 11) is 0. The van der Waals surface area contributed by atoms with Gasteiger partial charge in [0.25, 0.3) is 0 Å². The lowest BCUT2D eigenvalue weighted by Gasteiger charge is -2.22. The van der Waals surface area contributed by atoms with E-state index in [1.165, 1.54) is 25.5 Å². The molecule has 1 fully saturated rings. The molecule has 2 amide bonds. The van der Waals surface area contributed by atoms with Crippen LogP contribution in [0.25, 0.3) is 11.3 Å². The predicted molar refractivity (Wildman–Crippen MR) is 95.3 cm³/mol. The number of urea groups is 1.